The lowest BCUT2D eigenvalue weighted by atomic mass is 9.76. The van der Waals surface area contributed by atoms with Crippen LogP contribution in [0, 0.1) is 5.92 Å². The van der Waals surface area contributed by atoms with Gasteiger partial charge in [-0.05, 0) is 32.1 Å². The van der Waals surface area contributed by atoms with E-state index in [9.17, 15) is 0 Å². The van der Waals surface area contributed by atoms with Gasteiger partial charge in [0.1, 0.15) is 0 Å². The lowest BCUT2D eigenvalue weighted by molar-refractivity contribution is -0.0941. The van der Waals surface area contributed by atoms with Crippen molar-refractivity contribution in [3.8, 4) is 0 Å². The number of nitrogens with one attached hydrogen (secondary N) is 1. The van der Waals surface area contributed by atoms with Crippen molar-refractivity contribution in [2.45, 2.75) is 83.8 Å². The van der Waals surface area contributed by atoms with Crippen molar-refractivity contribution in [3.63, 3.8) is 0 Å². The quantitative estimate of drug-likeness (QED) is 0.517. The first-order valence-corrected chi connectivity index (χ1v) is 7.78. The van der Waals surface area contributed by atoms with Gasteiger partial charge in [-0.3, -0.25) is 11.3 Å². The van der Waals surface area contributed by atoms with Gasteiger partial charge >= 0.3 is 0 Å². The summed E-state index contributed by atoms with van der Waals surface area (Å²) in [5, 5.41) is 0. The van der Waals surface area contributed by atoms with E-state index in [2.05, 4.69) is 26.2 Å². The minimum absolute atomic E-state index is 0.0102. The zero-order chi connectivity index (χ0) is 13.4. The van der Waals surface area contributed by atoms with E-state index in [4.69, 9.17) is 10.6 Å². The van der Waals surface area contributed by atoms with E-state index in [0.717, 1.165) is 31.8 Å². The maximum atomic E-state index is 6.16. The monoisotopic (exact) mass is 256 g/mol. The summed E-state index contributed by atoms with van der Waals surface area (Å²) in [6, 6.07) is 0.305. The topological polar surface area (TPSA) is 47.3 Å². The Balaban J connectivity index is 2.67. The number of nitrogens with two attached hydrogens (primary N) is 1. The van der Waals surface area contributed by atoms with Crippen molar-refractivity contribution in [2.24, 2.45) is 11.8 Å². The van der Waals surface area contributed by atoms with Crippen LogP contribution < -0.4 is 11.3 Å². The summed E-state index contributed by atoms with van der Waals surface area (Å²) in [5.41, 5.74) is 3.05. The van der Waals surface area contributed by atoms with Gasteiger partial charge < -0.3 is 4.74 Å². The molecule has 0 heterocycles. The predicted molar refractivity (Wildman–Crippen MR) is 77.2 cm³/mol. The normalized spacial score (nSPS) is 22.7. The molecule has 3 heteroatoms. The Kier molecular flexibility index (Phi) is 7.20. The summed E-state index contributed by atoms with van der Waals surface area (Å²) in [4.78, 5) is 0. The van der Waals surface area contributed by atoms with Crippen LogP contribution in [0.3, 0.4) is 0 Å². The number of rotatable bonds is 8. The second-order valence-electron chi connectivity index (χ2n) is 5.91. The van der Waals surface area contributed by atoms with Gasteiger partial charge in [0.25, 0.3) is 0 Å². The Labute approximate surface area is 113 Å². The zero-order valence-corrected chi connectivity index (χ0v) is 12.5. The molecule has 0 spiro atoms. The summed E-state index contributed by atoms with van der Waals surface area (Å²) in [7, 11) is 0. The molecule has 2 atom stereocenters. The minimum atomic E-state index is -0.0102. The van der Waals surface area contributed by atoms with Crippen molar-refractivity contribution in [1.82, 2.24) is 5.43 Å². The fourth-order valence-electron chi connectivity index (χ4n) is 3.48. The molecule has 18 heavy (non-hydrogen) atoms. The lowest BCUT2D eigenvalue weighted by Crippen LogP contribution is -2.56. The summed E-state index contributed by atoms with van der Waals surface area (Å²) >= 11 is 0. The summed E-state index contributed by atoms with van der Waals surface area (Å²) in [5.74, 6) is 6.55. The molecule has 1 saturated carbocycles. The second kappa shape index (κ2) is 8.13. The molecule has 3 N–H and O–H groups in total. The van der Waals surface area contributed by atoms with E-state index >= 15 is 0 Å². The Bertz CT molecular complexity index is 209. The first kappa shape index (κ1) is 15.9. The Hall–Kier alpha value is -0.120. The first-order valence-electron chi connectivity index (χ1n) is 7.78. The van der Waals surface area contributed by atoms with Gasteiger partial charge in [0.2, 0.25) is 0 Å². The molecule has 0 amide bonds. The maximum absolute atomic E-state index is 6.16. The van der Waals surface area contributed by atoms with Crippen molar-refractivity contribution in [2.75, 3.05) is 6.61 Å². The largest absolute Gasteiger partial charge is 0.374 e. The van der Waals surface area contributed by atoms with Crippen LogP contribution >= 0.6 is 0 Å². The molecule has 0 bridgehead atoms. The Morgan fingerprint density at radius 3 is 2.39 bits per heavy atom. The minimum Gasteiger partial charge on any atom is -0.374 e. The highest BCUT2D eigenvalue weighted by Crippen LogP contribution is 2.36. The SMILES string of the molecule is CCCC(C)CC(NN)C1(OCC)CCCCC1. The van der Waals surface area contributed by atoms with Crippen LogP contribution in [-0.4, -0.2) is 18.2 Å². The average molecular weight is 256 g/mol. The molecule has 0 radical (unpaired) electrons. The predicted octanol–water partition coefficient (Wildman–Crippen LogP) is 3.38. The fourth-order valence-corrected chi connectivity index (χ4v) is 3.48. The molecule has 1 rings (SSSR count). The highest BCUT2D eigenvalue weighted by Gasteiger charge is 2.40. The molecule has 1 aliphatic carbocycles. The number of hydrogen-bond acceptors (Lipinski definition) is 3. The van der Waals surface area contributed by atoms with Crippen LogP contribution in [0.5, 0.6) is 0 Å². The molecule has 1 aliphatic rings. The van der Waals surface area contributed by atoms with Gasteiger partial charge in [-0.2, -0.15) is 0 Å². The molecule has 2 unspecified atom stereocenters. The second-order valence-corrected chi connectivity index (χ2v) is 5.91. The number of ether oxygens (including phenoxy) is 1. The molecule has 0 aliphatic heterocycles. The van der Waals surface area contributed by atoms with Crippen LogP contribution in [0.2, 0.25) is 0 Å². The van der Waals surface area contributed by atoms with Crippen LogP contribution in [0.15, 0.2) is 0 Å². The van der Waals surface area contributed by atoms with Gasteiger partial charge in [-0.25, -0.2) is 0 Å². The molecule has 3 nitrogen and oxygen atoms in total. The Morgan fingerprint density at radius 2 is 1.89 bits per heavy atom. The third-order valence-electron chi connectivity index (χ3n) is 4.39. The van der Waals surface area contributed by atoms with Crippen molar-refractivity contribution < 1.29 is 4.74 Å². The van der Waals surface area contributed by atoms with Crippen LogP contribution in [0.4, 0.5) is 0 Å². The van der Waals surface area contributed by atoms with Gasteiger partial charge in [-0.1, -0.05) is 46.0 Å². The fraction of sp³-hybridized carbons (Fsp3) is 1.00. The molecular weight excluding hydrogens is 224 g/mol. The van der Waals surface area contributed by atoms with Gasteiger partial charge in [0, 0.05) is 6.61 Å². The summed E-state index contributed by atoms with van der Waals surface area (Å²) in [6.45, 7) is 7.47. The third-order valence-corrected chi connectivity index (χ3v) is 4.39. The molecule has 0 aromatic rings. The zero-order valence-electron chi connectivity index (χ0n) is 12.5. The average Bonchev–Trinajstić information content (AvgIpc) is 2.37. The Morgan fingerprint density at radius 1 is 1.22 bits per heavy atom. The summed E-state index contributed by atoms with van der Waals surface area (Å²) in [6.07, 6.45) is 9.88. The third kappa shape index (κ3) is 4.22. The van der Waals surface area contributed by atoms with Gasteiger partial charge in [0.05, 0.1) is 11.6 Å². The lowest BCUT2D eigenvalue weighted by Gasteiger charge is -2.44. The van der Waals surface area contributed by atoms with Crippen LogP contribution in [0.25, 0.3) is 0 Å². The van der Waals surface area contributed by atoms with Crippen LogP contribution in [0.1, 0.15) is 72.1 Å². The molecule has 0 aromatic carbocycles. The maximum Gasteiger partial charge on any atom is 0.0848 e. The molecule has 0 aromatic heterocycles. The molecule has 1 fully saturated rings. The summed E-state index contributed by atoms with van der Waals surface area (Å²) < 4.78 is 6.16. The first-order chi connectivity index (χ1) is 8.68. The highest BCUT2D eigenvalue weighted by molar-refractivity contribution is 4.95. The van der Waals surface area contributed by atoms with Crippen molar-refractivity contribution in [3.05, 3.63) is 0 Å². The van der Waals surface area contributed by atoms with E-state index in [1.165, 1.54) is 32.1 Å². The van der Waals surface area contributed by atoms with Gasteiger partial charge in [-0.15, -0.1) is 0 Å². The smallest absolute Gasteiger partial charge is 0.0848 e. The van der Waals surface area contributed by atoms with Crippen LogP contribution in [-0.2, 0) is 4.74 Å². The van der Waals surface area contributed by atoms with E-state index in [-0.39, 0.29) is 5.60 Å². The standard InChI is InChI=1S/C15H32N2O/c1-4-9-13(3)12-14(17-16)15(18-5-2)10-7-6-8-11-15/h13-14,17H,4-12,16H2,1-3H3. The molecular formula is C15H32N2O. The van der Waals surface area contributed by atoms with Gasteiger partial charge in [0.15, 0.2) is 0 Å². The van der Waals surface area contributed by atoms with Crippen molar-refractivity contribution >= 4 is 0 Å². The van der Waals surface area contributed by atoms with E-state index < -0.39 is 0 Å². The van der Waals surface area contributed by atoms with Crippen molar-refractivity contribution in [1.29, 1.82) is 0 Å². The molecule has 0 saturated heterocycles. The molecule has 108 valence electrons. The number of hydrogen-bond donors (Lipinski definition) is 2. The van der Waals surface area contributed by atoms with E-state index in [0.29, 0.717) is 6.04 Å². The van der Waals surface area contributed by atoms with E-state index in [1.54, 1.807) is 0 Å². The highest BCUT2D eigenvalue weighted by atomic mass is 16.5. The number of hydrazine groups is 1. The van der Waals surface area contributed by atoms with E-state index in [1.807, 2.05) is 0 Å².